The number of carbonyl (C=O) groups is 1. The van der Waals surface area contributed by atoms with Gasteiger partial charge in [0.15, 0.2) is 0 Å². The van der Waals surface area contributed by atoms with Gasteiger partial charge in [-0.15, -0.1) is 0 Å². The minimum atomic E-state index is -4.40. The Morgan fingerprint density at radius 1 is 1.00 bits per heavy atom. The maximum Gasteiger partial charge on any atom is 0.416 e. The molecule has 0 aromatic heterocycles. The molecule has 210 valence electrons. The summed E-state index contributed by atoms with van der Waals surface area (Å²) in [6, 6.07) is 17.2. The number of aromatic carboxylic acids is 1. The normalized spacial score (nSPS) is 13.8. The molecular weight excluding hydrogens is 507 g/mol. The fourth-order valence-corrected chi connectivity index (χ4v) is 4.64. The van der Waals surface area contributed by atoms with Crippen molar-refractivity contribution in [2.75, 3.05) is 13.2 Å². The maximum absolute atomic E-state index is 13.3. The number of rotatable bonds is 11. The Hall–Kier alpha value is -3.20. The number of aryl methyl sites for hydroxylation is 2. The average molecular weight is 544 g/mol. The summed E-state index contributed by atoms with van der Waals surface area (Å²) in [5.74, 6) is -0.972. The SMILES string of the molecule is Cc1cc(-c2ccccc2C(C)OC[C@H](O)CNC(C)(C)Cc2ccc(C)c(C(F)(F)F)c2)ccc1C(=O)O. The van der Waals surface area contributed by atoms with Gasteiger partial charge in [0, 0.05) is 12.1 Å². The van der Waals surface area contributed by atoms with Gasteiger partial charge in [-0.05, 0) is 86.6 Å². The zero-order valence-electron chi connectivity index (χ0n) is 22.9. The van der Waals surface area contributed by atoms with Crippen LogP contribution in [0.3, 0.4) is 0 Å². The lowest BCUT2D eigenvalue weighted by Crippen LogP contribution is -2.46. The summed E-state index contributed by atoms with van der Waals surface area (Å²) in [5.41, 5.74) is 3.16. The Bertz CT molecular complexity index is 1300. The Kier molecular flexibility index (Phi) is 9.59. The van der Waals surface area contributed by atoms with Gasteiger partial charge >= 0.3 is 12.1 Å². The van der Waals surface area contributed by atoms with Crippen molar-refractivity contribution in [1.82, 2.24) is 5.32 Å². The Morgan fingerprint density at radius 3 is 2.33 bits per heavy atom. The van der Waals surface area contributed by atoms with Gasteiger partial charge in [-0.2, -0.15) is 13.2 Å². The van der Waals surface area contributed by atoms with Gasteiger partial charge < -0.3 is 20.3 Å². The van der Waals surface area contributed by atoms with E-state index in [2.05, 4.69) is 5.32 Å². The number of ether oxygens (including phenoxy) is 1. The molecule has 3 aromatic carbocycles. The van der Waals surface area contributed by atoms with E-state index in [0.717, 1.165) is 16.7 Å². The molecule has 5 nitrogen and oxygen atoms in total. The monoisotopic (exact) mass is 543 g/mol. The number of β-amino-alcohol motifs (C(OH)–C–C–N with tert-alkyl or cyclic N) is 1. The molecule has 1 unspecified atom stereocenters. The number of benzene rings is 3. The van der Waals surface area contributed by atoms with E-state index in [4.69, 9.17) is 4.74 Å². The molecule has 0 aliphatic heterocycles. The minimum Gasteiger partial charge on any atom is -0.478 e. The first-order valence-electron chi connectivity index (χ1n) is 12.8. The van der Waals surface area contributed by atoms with Crippen molar-refractivity contribution < 1.29 is 32.9 Å². The van der Waals surface area contributed by atoms with Crippen LogP contribution in [-0.2, 0) is 17.3 Å². The van der Waals surface area contributed by atoms with Crippen LogP contribution in [0.2, 0.25) is 0 Å². The quantitative estimate of drug-likeness (QED) is 0.250. The number of hydrogen-bond donors (Lipinski definition) is 3. The molecule has 3 N–H and O–H groups in total. The van der Waals surface area contributed by atoms with Crippen molar-refractivity contribution in [3.63, 3.8) is 0 Å². The zero-order chi connectivity index (χ0) is 29.0. The molecule has 3 rings (SSSR count). The molecule has 8 heteroatoms. The van der Waals surface area contributed by atoms with Gasteiger partial charge in [0.25, 0.3) is 0 Å². The first-order valence-corrected chi connectivity index (χ1v) is 12.8. The second-order valence-electron chi connectivity index (χ2n) is 10.6. The van der Waals surface area contributed by atoms with Gasteiger partial charge in [-0.25, -0.2) is 4.79 Å². The fraction of sp³-hybridized carbons (Fsp3) is 0.387. The van der Waals surface area contributed by atoms with E-state index >= 15 is 0 Å². The number of alkyl halides is 3. The van der Waals surface area contributed by atoms with Crippen LogP contribution < -0.4 is 5.32 Å². The van der Waals surface area contributed by atoms with Crippen LogP contribution in [-0.4, -0.2) is 41.0 Å². The highest BCUT2D eigenvalue weighted by Gasteiger charge is 2.33. The third-order valence-corrected chi connectivity index (χ3v) is 6.77. The van der Waals surface area contributed by atoms with Crippen molar-refractivity contribution in [3.05, 3.63) is 94.0 Å². The summed E-state index contributed by atoms with van der Waals surface area (Å²) in [6.07, 6.45) is -5.23. The van der Waals surface area contributed by atoms with Crippen LogP contribution in [0.15, 0.2) is 60.7 Å². The maximum atomic E-state index is 13.3. The molecule has 0 saturated carbocycles. The lowest BCUT2D eigenvalue weighted by atomic mass is 9.92. The second-order valence-corrected chi connectivity index (χ2v) is 10.6. The highest BCUT2D eigenvalue weighted by Crippen LogP contribution is 2.33. The number of aliphatic hydroxyl groups excluding tert-OH is 1. The number of nitrogens with one attached hydrogen (secondary N) is 1. The van der Waals surface area contributed by atoms with Crippen molar-refractivity contribution in [1.29, 1.82) is 0 Å². The van der Waals surface area contributed by atoms with E-state index in [9.17, 15) is 28.2 Å². The van der Waals surface area contributed by atoms with E-state index in [1.165, 1.54) is 19.1 Å². The molecule has 0 heterocycles. The summed E-state index contributed by atoms with van der Waals surface area (Å²) in [6.45, 7) is 9.11. The molecular formula is C31H36F3NO4. The second kappa shape index (κ2) is 12.3. The standard InChI is InChI=1S/C31H36F3NO4/c1-19-10-11-22(15-28(19)31(32,33)34)16-30(4,5)35-17-24(36)18-39-21(3)26-8-6-7-9-27(26)23-12-13-25(29(37)38)20(2)14-23/h6-15,21,24,35-36H,16-18H2,1-5H3,(H,37,38)/t21?,24-/m1/s1. The van der Waals surface area contributed by atoms with Crippen molar-refractivity contribution in [3.8, 4) is 11.1 Å². The topological polar surface area (TPSA) is 78.8 Å². The van der Waals surface area contributed by atoms with Crippen molar-refractivity contribution >= 4 is 5.97 Å². The van der Waals surface area contributed by atoms with E-state index in [1.54, 1.807) is 25.1 Å². The molecule has 0 fully saturated rings. The van der Waals surface area contributed by atoms with Crippen molar-refractivity contribution in [2.24, 2.45) is 0 Å². The largest absolute Gasteiger partial charge is 0.478 e. The Labute approximate surface area is 227 Å². The average Bonchev–Trinajstić information content (AvgIpc) is 2.86. The van der Waals surface area contributed by atoms with Gasteiger partial charge in [0.05, 0.1) is 29.9 Å². The summed E-state index contributed by atoms with van der Waals surface area (Å²) in [4.78, 5) is 11.4. The molecule has 0 spiro atoms. The molecule has 3 aromatic rings. The molecule has 0 saturated heterocycles. The number of carboxylic acids is 1. The van der Waals surface area contributed by atoms with Crippen LogP contribution in [0.4, 0.5) is 13.2 Å². The molecule has 0 aliphatic carbocycles. The Morgan fingerprint density at radius 2 is 1.69 bits per heavy atom. The molecule has 0 radical (unpaired) electrons. The fourth-order valence-electron chi connectivity index (χ4n) is 4.64. The molecule has 0 amide bonds. The number of hydrogen-bond acceptors (Lipinski definition) is 4. The van der Waals surface area contributed by atoms with Crippen LogP contribution in [0.1, 0.15) is 65.1 Å². The summed E-state index contributed by atoms with van der Waals surface area (Å²) >= 11 is 0. The zero-order valence-corrected chi connectivity index (χ0v) is 22.9. The number of aliphatic hydroxyl groups is 1. The summed E-state index contributed by atoms with van der Waals surface area (Å²) in [7, 11) is 0. The molecule has 0 bridgehead atoms. The van der Waals surface area contributed by atoms with E-state index in [1.807, 2.05) is 51.1 Å². The summed E-state index contributed by atoms with van der Waals surface area (Å²) < 4.78 is 45.8. The van der Waals surface area contributed by atoms with Gasteiger partial charge in [-0.3, -0.25) is 0 Å². The van der Waals surface area contributed by atoms with E-state index in [-0.39, 0.29) is 30.4 Å². The van der Waals surface area contributed by atoms with Crippen LogP contribution in [0.5, 0.6) is 0 Å². The number of halogens is 3. The van der Waals surface area contributed by atoms with Crippen LogP contribution in [0, 0.1) is 13.8 Å². The molecule has 0 aliphatic rings. The lowest BCUT2D eigenvalue weighted by Gasteiger charge is -2.29. The lowest BCUT2D eigenvalue weighted by molar-refractivity contribution is -0.138. The third-order valence-electron chi connectivity index (χ3n) is 6.77. The highest BCUT2D eigenvalue weighted by atomic mass is 19.4. The smallest absolute Gasteiger partial charge is 0.416 e. The predicted octanol–water partition coefficient (Wildman–Crippen LogP) is 6.74. The minimum absolute atomic E-state index is 0.0539. The predicted molar refractivity (Wildman–Crippen MR) is 146 cm³/mol. The van der Waals surface area contributed by atoms with Crippen molar-refractivity contribution in [2.45, 2.75) is 65.0 Å². The highest BCUT2D eigenvalue weighted by molar-refractivity contribution is 5.90. The first-order chi connectivity index (χ1) is 18.2. The van der Waals surface area contributed by atoms with Gasteiger partial charge in [0.2, 0.25) is 0 Å². The Balaban J connectivity index is 1.60. The van der Waals surface area contributed by atoms with Crippen LogP contribution >= 0.6 is 0 Å². The molecule has 39 heavy (non-hydrogen) atoms. The first kappa shape index (κ1) is 30.3. The number of carboxylic acid groups (broad SMARTS) is 1. The van der Waals surface area contributed by atoms with Gasteiger partial charge in [0.1, 0.15) is 0 Å². The van der Waals surface area contributed by atoms with E-state index in [0.29, 0.717) is 17.5 Å². The molecule has 2 atom stereocenters. The van der Waals surface area contributed by atoms with E-state index < -0.39 is 29.4 Å². The van der Waals surface area contributed by atoms with Gasteiger partial charge in [-0.1, -0.05) is 48.5 Å². The van der Waals surface area contributed by atoms with Crippen LogP contribution in [0.25, 0.3) is 11.1 Å². The summed E-state index contributed by atoms with van der Waals surface area (Å²) in [5, 5.41) is 23.1. The third kappa shape index (κ3) is 8.14.